The number of methoxy groups -OCH3 is 1. The number of nitrogens with zero attached hydrogens (tertiary/aromatic N) is 2. The van der Waals surface area contributed by atoms with Crippen molar-refractivity contribution in [2.75, 3.05) is 24.3 Å². The van der Waals surface area contributed by atoms with Gasteiger partial charge in [0, 0.05) is 18.4 Å². The first-order chi connectivity index (χ1) is 13.5. The standard InChI is InChI=1S/C20H19F3N4O/c1-28-17-5-3-2-4-14(17)10-12-24-18-11-13-25-19(27-18)26-16-8-6-15(7-9-16)20(21,22)23/h2-9,11,13H,10,12H2,1H3,(H2,24,25,26,27). The molecule has 2 N–H and O–H groups in total. The number of hydrogen-bond donors (Lipinski definition) is 2. The van der Waals surface area contributed by atoms with Gasteiger partial charge in [-0.1, -0.05) is 18.2 Å². The molecule has 0 atom stereocenters. The molecule has 2 aromatic carbocycles. The fourth-order valence-electron chi connectivity index (χ4n) is 2.62. The third-order valence-corrected chi connectivity index (χ3v) is 4.02. The van der Waals surface area contributed by atoms with E-state index in [2.05, 4.69) is 20.6 Å². The quantitative estimate of drug-likeness (QED) is 0.603. The molecule has 5 nitrogen and oxygen atoms in total. The van der Waals surface area contributed by atoms with Crippen LogP contribution >= 0.6 is 0 Å². The van der Waals surface area contributed by atoms with Crippen molar-refractivity contribution in [3.63, 3.8) is 0 Å². The molecule has 0 amide bonds. The van der Waals surface area contributed by atoms with Crippen molar-refractivity contribution in [1.82, 2.24) is 9.97 Å². The van der Waals surface area contributed by atoms with Gasteiger partial charge >= 0.3 is 6.18 Å². The van der Waals surface area contributed by atoms with Crippen LogP contribution in [0.25, 0.3) is 0 Å². The highest BCUT2D eigenvalue weighted by atomic mass is 19.4. The number of para-hydroxylation sites is 1. The molecule has 8 heteroatoms. The first-order valence-corrected chi connectivity index (χ1v) is 8.59. The van der Waals surface area contributed by atoms with Crippen molar-refractivity contribution in [3.8, 4) is 5.75 Å². The second-order valence-corrected chi connectivity index (χ2v) is 5.95. The Morgan fingerprint density at radius 3 is 2.46 bits per heavy atom. The molecule has 1 heterocycles. The number of halogens is 3. The van der Waals surface area contributed by atoms with Gasteiger partial charge in [0.05, 0.1) is 12.7 Å². The highest BCUT2D eigenvalue weighted by molar-refractivity contribution is 5.55. The largest absolute Gasteiger partial charge is 0.496 e. The van der Waals surface area contributed by atoms with E-state index in [0.717, 1.165) is 29.9 Å². The fraction of sp³-hybridized carbons (Fsp3) is 0.200. The minimum atomic E-state index is -4.36. The summed E-state index contributed by atoms with van der Waals surface area (Å²) in [5.74, 6) is 1.73. The second kappa shape index (κ2) is 8.60. The predicted molar refractivity (Wildman–Crippen MR) is 102 cm³/mol. The summed E-state index contributed by atoms with van der Waals surface area (Å²) in [6.45, 7) is 0.636. The first-order valence-electron chi connectivity index (χ1n) is 8.59. The van der Waals surface area contributed by atoms with Crippen molar-refractivity contribution >= 4 is 17.5 Å². The molecule has 3 aromatic rings. The van der Waals surface area contributed by atoms with E-state index in [0.29, 0.717) is 24.0 Å². The van der Waals surface area contributed by atoms with Crippen LogP contribution in [0.2, 0.25) is 0 Å². The summed E-state index contributed by atoms with van der Waals surface area (Å²) in [7, 11) is 1.63. The normalized spacial score (nSPS) is 11.1. The van der Waals surface area contributed by atoms with Gasteiger partial charge in [-0.2, -0.15) is 18.2 Å². The van der Waals surface area contributed by atoms with Crippen LogP contribution in [-0.4, -0.2) is 23.6 Å². The highest BCUT2D eigenvalue weighted by Crippen LogP contribution is 2.30. The zero-order valence-corrected chi connectivity index (χ0v) is 15.1. The number of nitrogens with one attached hydrogen (secondary N) is 2. The van der Waals surface area contributed by atoms with Crippen molar-refractivity contribution < 1.29 is 17.9 Å². The van der Waals surface area contributed by atoms with Gasteiger partial charge in [-0.3, -0.25) is 0 Å². The van der Waals surface area contributed by atoms with Gasteiger partial charge in [-0.05, 0) is 48.4 Å². The summed E-state index contributed by atoms with van der Waals surface area (Å²) in [6.07, 6.45) is -2.04. The van der Waals surface area contributed by atoms with E-state index in [4.69, 9.17) is 4.74 Å². The predicted octanol–water partition coefficient (Wildman–Crippen LogP) is 4.90. The van der Waals surface area contributed by atoms with E-state index in [1.54, 1.807) is 19.4 Å². The molecule has 0 radical (unpaired) electrons. The lowest BCUT2D eigenvalue weighted by Crippen LogP contribution is -2.08. The zero-order chi connectivity index (χ0) is 20.0. The Morgan fingerprint density at radius 1 is 1.00 bits per heavy atom. The minimum Gasteiger partial charge on any atom is -0.496 e. The average molecular weight is 388 g/mol. The van der Waals surface area contributed by atoms with E-state index in [1.165, 1.54) is 12.1 Å². The summed E-state index contributed by atoms with van der Waals surface area (Å²) in [6, 6.07) is 14.2. The van der Waals surface area contributed by atoms with Crippen molar-refractivity contribution in [1.29, 1.82) is 0 Å². The molecule has 146 valence electrons. The lowest BCUT2D eigenvalue weighted by atomic mass is 10.1. The van der Waals surface area contributed by atoms with E-state index in [9.17, 15) is 13.2 Å². The molecule has 0 spiro atoms. The van der Waals surface area contributed by atoms with E-state index in [1.807, 2.05) is 24.3 Å². The number of hydrogen-bond acceptors (Lipinski definition) is 5. The molecular weight excluding hydrogens is 369 g/mol. The number of aromatic nitrogens is 2. The molecule has 0 aliphatic heterocycles. The molecule has 0 aliphatic rings. The summed E-state index contributed by atoms with van der Waals surface area (Å²) >= 11 is 0. The van der Waals surface area contributed by atoms with Gasteiger partial charge in [-0.15, -0.1) is 0 Å². The van der Waals surface area contributed by atoms with Crippen LogP contribution in [0.1, 0.15) is 11.1 Å². The molecule has 0 bridgehead atoms. The zero-order valence-electron chi connectivity index (χ0n) is 15.1. The Bertz CT molecular complexity index is 914. The van der Waals surface area contributed by atoms with Crippen LogP contribution in [0.4, 0.5) is 30.6 Å². The molecule has 28 heavy (non-hydrogen) atoms. The highest BCUT2D eigenvalue weighted by Gasteiger charge is 2.29. The smallest absolute Gasteiger partial charge is 0.416 e. The van der Waals surface area contributed by atoms with Gasteiger partial charge in [0.1, 0.15) is 11.6 Å². The van der Waals surface area contributed by atoms with Gasteiger partial charge in [0.15, 0.2) is 0 Å². The Kier molecular flexibility index (Phi) is 5.98. The Balaban J connectivity index is 1.59. The monoisotopic (exact) mass is 388 g/mol. The van der Waals surface area contributed by atoms with Crippen LogP contribution in [0.5, 0.6) is 5.75 Å². The van der Waals surface area contributed by atoms with Crippen LogP contribution < -0.4 is 15.4 Å². The molecule has 0 saturated heterocycles. The van der Waals surface area contributed by atoms with E-state index >= 15 is 0 Å². The Morgan fingerprint density at radius 2 is 1.75 bits per heavy atom. The molecule has 0 aliphatic carbocycles. The maximum atomic E-state index is 12.6. The van der Waals surface area contributed by atoms with Crippen LogP contribution in [0.3, 0.4) is 0 Å². The van der Waals surface area contributed by atoms with Gasteiger partial charge in [0.25, 0.3) is 0 Å². The maximum Gasteiger partial charge on any atom is 0.416 e. The molecule has 0 saturated carbocycles. The van der Waals surface area contributed by atoms with Crippen molar-refractivity contribution in [3.05, 3.63) is 71.9 Å². The number of benzene rings is 2. The lowest BCUT2D eigenvalue weighted by Gasteiger charge is -2.11. The third-order valence-electron chi connectivity index (χ3n) is 4.02. The molecule has 3 rings (SSSR count). The maximum absolute atomic E-state index is 12.6. The summed E-state index contributed by atoms with van der Waals surface area (Å²) in [4.78, 5) is 8.42. The number of alkyl halides is 3. The summed E-state index contributed by atoms with van der Waals surface area (Å²) in [5.41, 5.74) is 0.847. The minimum absolute atomic E-state index is 0.294. The van der Waals surface area contributed by atoms with E-state index < -0.39 is 11.7 Å². The topological polar surface area (TPSA) is 59.1 Å². The van der Waals surface area contributed by atoms with Crippen molar-refractivity contribution in [2.45, 2.75) is 12.6 Å². The SMILES string of the molecule is COc1ccccc1CCNc1ccnc(Nc2ccc(C(F)(F)F)cc2)n1. The van der Waals surface area contributed by atoms with Crippen LogP contribution in [-0.2, 0) is 12.6 Å². The van der Waals surface area contributed by atoms with E-state index in [-0.39, 0.29) is 0 Å². The molecular formula is C20H19F3N4O. The molecule has 1 aromatic heterocycles. The van der Waals surface area contributed by atoms with Gasteiger partial charge < -0.3 is 15.4 Å². The molecule has 0 fully saturated rings. The third kappa shape index (κ3) is 5.12. The first kappa shape index (κ1) is 19.5. The summed E-state index contributed by atoms with van der Waals surface area (Å²) in [5, 5.41) is 6.10. The fourth-order valence-corrected chi connectivity index (χ4v) is 2.62. The lowest BCUT2D eigenvalue weighted by molar-refractivity contribution is -0.137. The van der Waals surface area contributed by atoms with Gasteiger partial charge in [-0.25, -0.2) is 4.98 Å². The Labute approximate surface area is 160 Å². The molecule has 0 unspecified atom stereocenters. The Hall–Kier alpha value is -3.29. The van der Waals surface area contributed by atoms with Crippen molar-refractivity contribution in [2.24, 2.45) is 0 Å². The summed E-state index contributed by atoms with van der Waals surface area (Å²) < 4.78 is 43.2. The number of rotatable bonds is 7. The van der Waals surface area contributed by atoms with Crippen LogP contribution in [0, 0.1) is 0 Å². The average Bonchev–Trinajstić information content (AvgIpc) is 2.68. The number of ether oxygens (including phenoxy) is 1. The second-order valence-electron chi connectivity index (χ2n) is 5.95. The number of anilines is 3. The van der Waals surface area contributed by atoms with Crippen LogP contribution in [0.15, 0.2) is 60.8 Å². The van der Waals surface area contributed by atoms with Gasteiger partial charge in [0.2, 0.25) is 5.95 Å².